The first-order valence-corrected chi connectivity index (χ1v) is 5.86. The van der Waals surface area contributed by atoms with Gasteiger partial charge in [-0.2, -0.15) is 0 Å². The Morgan fingerprint density at radius 3 is 2.73 bits per heavy atom. The van der Waals surface area contributed by atoms with Gasteiger partial charge in [0.1, 0.15) is 0 Å². The quantitative estimate of drug-likeness (QED) is 0.632. The summed E-state index contributed by atoms with van der Waals surface area (Å²) in [5, 5.41) is 1.49. The molecule has 3 N–H and O–H groups in total. The molecule has 1 atom stereocenters. The second-order valence-electron chi connectivity index (χ2n) is 4.05. The van der Waals surface area contributed by atoms with Crippen molar-refractivity contribution in [2.45, 2.75) is 25.3 Å². The molecular weight excluding hydrogens is 231 g/mol. The Balaban J connectivity index is 2.11. The minimum atomic E-state index is 0.320. The van der Waals surface area contributed by atoms with Gasteiger partial charge in [-0.1, -0.05) is 23.2 Å². The molecule has 0 spiro atoms. The van der Waals surface area contributed by atoms with E-state index in [1.165, 1.54) is 12.8 Å². The molecule has 15 heavy (non-hydrogen) atoms. The number of hydrazine groups is 1. The van der Waals surface area contributed by atoms with Gasteiger partial charge in [-0.3, -0.25) is 11.3 Å². The van der Waals surface area contributed by atoms with Crippen molar-refractivity contribution >= 4 is 23.2 Å². The summed E-state index contributed by atoms with van der Waals surface area (Å²) < 4.78 is 0. The summed E-state index contributed by atoms with van der Waals surface area (Å²) in [7, 11) is 0. The molecule has 1 saturated carbocycles. The van der Waals surface area contributed by atoms with Crippen LogP contribution in [-0.4, -0.2) is 6.04 Å². The lowest BCUT2D eigenvalue weighted by atomic mass is 10.0. The van der Waals surface area contributed by atoms with Crippen LogP contribution in [0.5, 0.6) is 0 Å². The van der Waals surface area contributed by atoms with Crippen molar-refractivity contribution in [2.75, 3.05) is 0 Å². The van der Waals surface area contributed by atoms with Gasteiger partial charge in [0.25, 0.3) is 0 Å². The van der Waals surface area contributed by atoms with Crippen molar-refractivity contribution in [3.8, 4) is 0 Å². The SMILES string of the molecule is NNC(Cc1cc(Cl)ccc1Cl)C1CC1. The van der Waals surface area contributed by atoms with Gasteiger partial charge in [0.2, 0.25) is 0 Å². The van der Waals surface area contributed by atoms with Crippen molar-refractivity contribution < 1.29 is 0 Å². The van der Waals surface area contributed by atoms with Crippen LogP contribution in [0, 0.1) is 5.92 Å². The van der Waals surface area contributed by atoms with E-state index in [1.807, 2.05) is 12.1 Å². The standard InChI is InChI=1S/C11H14Cl2N2/c12-9-3-4-10(13)8(5-9)6-11(15-14)7-1-2-7/h3-5,7,11,15H,1-2,6,14H2. The molecule has 0 aromatic heterocycles. The van der Waals surface area contributed by atoms with Gasteiger partial charge in [0, 0.05) is 16.1 Å². The lowest BCUT2D eigenvalue weighted by Crippen LogP contribution is -2.38. The maximum Gasteiger partial charge on any atom is 0.0439 e. The Morgan fingerprint density at radius 1 is 1.40 bits per heavy atom. The summed E-state index contributed by atoms with van der Waals surface area (Å²) in [4.78, 5) is 0. The zero-order chi connectivity index (χ0) is 10.8. The maximum absolute atomic E-state index is 6.10. The highest BCUT2D eigenvalue weighted by molar-refractivity contribution is 6.33. The third-order valence-electron chi connectivity index (χ3n) is 2.85. The Labute approximate surface area is 99.7 Å². The van der Waals surface area contributed by atoms with E-state index in [1.54, 1.807) is 6.07 Å². The summed E-state index contributed by atoms with van der Waals surface area (Å²) in [6.07, 6.45) is 3.36. The first kappa shape index (κ1) is 11.2. The van der Waals surface area contributed by atoms with Crippen LogP contribution in [0.3, 0.4) is 0 Å². The van der Waals surface area contributed by atoms with Crippen LogP contribution in [0.1, 0.15) is 18.4 Å². The molecule has 1 aromatic rings. The van der Waals surface area contributed by atoms with E-state index in [9.17, 15) is 0 Å². The molecule has 1 aliphatic rings. The summed E-state index contributed by atoms with van der Waals surface area (Å²) >= 11 is 12.0. The van der Waals surface area contributed by atoms with E-state index in [-0.39, 0.29) is 0 Å². The molecule has 1 aromatic carbocycles. The van der Waals surface area contributed by atoms with Crippen LogP contribution >= 0.6 is 23.2 Å². The van der Waals surface area contributed by atoms with Gasteiger partial charge in [-0.15, -0.1) is 0 Å². The van der Waals surface area contributed by atoms with Crippen LogP contribution in [0.25, 0.3) is 0 Å². The second kappa shape index (κ2) is 4.71. The fourth-order valence-electron chi connectivity index (χ4n) is 1.80. The van der Waals surface area contributed by atoms with Gasteiger partial charge in [-0.25, -0.2) is 0 Å². The molecular formula is C11H14Cl2N2. The van der Waals surface area contributed by atoms with Gasteiger partial charge < -0.3 is 0 Å². The van der Waals surface area contributed by atoms with Gasteiger partial charge in [0.05, 0.1) is 0 Å². The van der Waals surface area contributed by atoms with Crippen molar-refractivity contribution in [3.05, 3.63) is 33.8 Å². The van der Waals surface area contributed by atoms with Gasteiger partial charge in [-0.05, 0) is 48.9 Å². The number of rotatable bonds is 4. The van der Waals surface area contributed by atoms with E-state index >= 15 is 0 Å². The minimum absolute atomic E-state index is 0.320. The largest absolute Gasteiger partial charge is 0.271 e. The Kier molecular flexibility index (Phi) is 3.52. The van der Waals surface area contributed by atoms with Crippen LogP contribution in [0.4, 0.5) is 0 Å². The summed E-state index contributed by atoms with van der Waals surface area (Å²) in [5.74, 6) is 6.22. The highest BCUT2D eigenvalue weighted by atomic mass is 35.5. The molecule has 82 valence electrons. The van der Waals surface area contributed by atoms with Gasteiger partial charge >= 0.3 is 0 Å². The number of halogens is 2. The molecule has 1 unspecified atom stereocenters. The monoisotopic (exact) mass is 244 g/mol. The Morgan fingerprint density at radius 2 is 2.13 bits per heavy atom. The molecule has 1 aliphatic carbocycles. The number of hydrogen-bond acceptors (Lipinski definition) is 2. The average Bonchev–Trinajstić information content (AvgIpc) is 3.03. The van der Waals surface area contributed by atoms with E-state index in [0.717, 1.165) is 22.0 Å². The Hall–Kier alpha value is -0.280. The summed E-state index contributed by atoms with van der Waals surface area (Å²) in [5.41, 5.74) is 3.93. The second-order valence-corrected chi connectivity index (χ2v) is 4.89. The summed E-state index contributed by atoms with van der Waals surface area (Å²) in [6.45, 7) is 0. The van der Waals surface area contributed by atoms with Crippen LogP contribution < -0.4 is 11.3 Å². The zero-order valence-electron chi connectivity index (χ0n) is 8.34. The molecule has 0 heterocycles. The molecule has 0 aliphatic heterocycles. The van der Waals surface area contributed by atoms with E-state index in [2.05, 4.69) is 5.43 Å². The smallest absolute Gasteiger partial charge is 0.0439 e. The molecule has 2 nitrogen and oxygen atoms in total. The van der Waals surface area contributed by atoms with E-state index in [4.69, 9.17) is 29.0 Å². The third kappa shape index (κ3) is 2.85. The highest BCUT2D eigenvalue weighted by Gasteiger charge is 2.30. The van der Waals surface area contributed by atoms with E-state index < -0.39 is 0 Å². The Bertz CT molecular complexity index is 350. The molecule has 1 fully saturated rings. The first-order chi connectivity index (χ1) is 7.20. The van der Waals surface area contributed by atoms with Crippen molar-refractivity contribution in [1.29, 1.82) is 0 Å². The number of nitrogens with one attached hydrogen (secondary N) is 1. The van der Waals surface area contributed by atoms with Crippen molar-refractivity contribution in [1.82, 2.24) is 5.43 Å². The summed E-state index contributed by atoms with van der Waals surface area (Å²) in [6, 6.07) is 5.87. The molecule has 0 bridgehead atoms. The van der Waals surface area contributed by atoms with Crippen molar-refractivity contribution in [3.63, 3.8) is 0 Å². The predicted molar refractivity (Wildman–Crippen MR) is 64.0 cm³/mol. The maximum atomic E-state index is 6.10. The lowest BCUT2D eigenvalue weighted by Gasteiger charge is -2.15. The number of nitrogens with two attached hydrogens (primary N) is 1. The zero-order valence-corrected chi connectivity index (χ0v) is 9.85. The predicted octanol–water partition coefficient (Wildman–Crippen LogP) is 2.78. The molecule has 0 amide bonds. The molecule has 0 radical (unpaired) electrons. The minimum Gasteiger partial charge on any atom is -0.271 e. The molecule has 2 rings (SSSR count). The lowest BCUT2D eigenvalue weighted by molar-refractivity contribution is 0.472. The van der Waals surface area contributed by atoms with Crippen LogP contribution in [-0.2, 0) is 6.42 Å². The first-order valence-electron chi connectivity index (χ1n) is 5.10. The van der Waals surface area contributed by atoms with Crippen LogP contribution in [0.2, 0.25) is 10.0 Å². The van der Waals surface area contributed by atoms with E-state index in [0.29, 0.717) is 12.0 Å². The average molecular weight is 245 g/mol. The topological polar surface area (TPSA) is 38.0 Å². The number of benzene rings is 1. The molecule has 0 saturated heterocycles. The molecule has 4 heteroatoms. The fourth-order valence-corrected chi connectivity index (χ4v) is 2.19. The van der Waals surface area contributed by atoms with Crippen LogP contribution in [0.15, 0.2) is 18.2 Å². The highest BCUT2D eigenvalue weighted by Crippen LogP contribution is 2.34. The third-order valence-corrected chi connectivity index (χ3v) is 3.46. The normalized spacial score (nSPS) is 17.8. The van der Waals surface area contributed by atoms with Crippen molar-refractivity contribution in [2.24, 2.45) is 11.8 Å². The number of hydrogen-bond donors (Lipinski definition) is 2. The fraction of sp³-hybridized carbons (Fsp3) is 0.455. The van der Waals surface area contributed by atoms with Gasteiger partial charge in [0.15, 0.2) is 0 Å².